The van der Waals surface area contributed by atoms with E-state index >= 15 is 0 Å². The molecule has 0 radical (unpaired) electrons. The van der Waals surface area contributed by atoms with Crippen LogP contribution in [-0.2, 0) is 4.74 Å². The van der Waals surface area contributed by atoms with Gasteiger partial charge in [0.15, 0.2) is 0 Å². The lowest BCUT2D eigenvalue weighted by Gasteiger charge is -2.28. The Balaban J connectivity index is 2.16. The van der Waals surface area contributed by atoms with E-state index in [0.717, 1.165) is 0 Å². The van der Waals surface area contributed by atoms with Crippen molar-refractivity contribution in [2.24, 2.45) is 5.92 Å². The van der Waals surface area contributed by atoms with Crippen molar-refractivity contribution in [1.82, 2.24) is 0 Å². The van der Waals surface area contributed by atoms with Crippen molar-refractivity contribution >= 4 is 0 Å². The van der Waals surface area contributed by atoms with Gasteiger partial charge in [-0.1, -0.05) is 19.8 Å². The maximum atomic E-state index is 8.33. The SMILES string of the molecule is C[C@H]1CCCC[C@H]1OCCC#N. The quantitative estimate of drug-likeness (QED) is 0.605. The molecule has 1 aliphatic rings. The zero-order valence-electron chi connectivity index (χ0n) is 7.75. The standard InChI is InChI=1S/C10H17NO/c1-9-5-2-3-6-10(9)12-8-4-7-11/h9-10H,2-6,8H2,1H3/t9-,10+/m0/s1. The summed E-state index contributed by atoms with van der Waals surface area (Å²) >= 11 is 0. The summed E-state index contributed by atoms with van der Waals surface area (Å²) in [5, 5.41) is 8.33. The fourth-order valence-electron chi connectivity index (χ4n) is 1.79. The lowest BCUT2D eigenvalue weighted by molar-refractivity contribution is -0.00209. The van der Waals surface area contributed by atoms with E-state index < -0.39 is 0 Å². The van der Waals surface area contributed by atoms with E-state index in [1.165, 1.54) is 25.7 Å². The Morgan fingerprint density at radius 1 is 1.42 bits per heavy atom. The van der Waals surface area contributed by atoms with Crippen LogP contribution in [0.1, 0.15) is 39.0 Å². The first-order valence-corrected chi connectivity index (χ1v) is 4.83. The molecule has 12 heavy (non-hydrogen) atoms. The average molecular weight is 167 g/mol. The molecule has 0 saturated heterocycles. The molecule has 1 saturated carbocycles. The number of rotatable bonds is 3. The second-order valence-corrected chi connectivity index (χ2v) is 3.58. The molecular formula is C10H17NO. The summed E-state index contributed by atoms with van der Waals surface area (Å²) in [5.41, 5.74) is 0. The van der Waals surface area contributed by atoms with E-state index in [4.69, 9.17) is 10.00 Å². The van der Waals surface area contributed by atoms with Crippen molar-refractivity contribution in [2.45, 2.75) is 45.1 Å². The molecule has 0 spiro atoms. The second-order valence-electron chi connectivity index (χ2n) is 3.58. The van der Waals surface area contributed by atoms with E-state index in [1.54, 1.807) is 0 Å². The molecule has 0 aromatic carbocycles. The van der Waals surface area contributed by atoms with Crippen LogP contribution in [-0.4, -0.2) is 12.7 Å². The Bertz CT molecular complexity index is 162. The van der Waals surface area contributed by atoms with Gasteiger partial charge in [-0.05, 0) is 18.8 Å². The maximum Gasteiger partial charge on any atom is 0.0645 e. The van der Waals surface area contributed by atoms with E-state index in [0.29, 0.717) is 25.0 Å². The highest BCUT2D eigenvalue weighted by Gasteiger charge is 2.21. The van der Waals surface area contributed by atoms with Crippen molar-refractivity contribution < 1.29 is 4.74 Å². The minimum atomic E-state index is 0.423. The monoisotopic (exact) mass is 167 g/mol. The first-order valence-electron chi connectivity index (χ1n) is 4.83. The Kier molecular flexibility index (Phi) is 4.10. The van der Waals surface area contributed by atoms with Gasteiger partial charge in [-0.2, -0.15) is 5.26 Å². The Morgan fingerprint density at radius 3 is 2.83 bits per heavy atom. The second kappa shape index (κ2) is 5.16. The van der Waals surface area contributed by atoms with Crippen LogP contribution < -0.4 is 0 Å². The van der Waals surface area contributed by atoms with Crippen LogP contribution in [0.15, 0.2) is 0 Å². The number of ether oxygens (including phenoxy) is 1. The van der Waals surface area contributed by atoms with Crippen LogP contribution in [0.25, 0.3) is 0 Å². The summed E-state index contributed by atoms with van der Waals surface area (Å²) in [4.78, 5) is 0. The number of nitriles is 1. The van der Waals surface area contributed by atoms with E-state index in [9.17, 15) is 0 Å². The average Bonchev–Trinajstić information content (AvgIpc) is 2.09. The van der Waals surface area contributed by atoms with Crippen molar-refractivity contribution in [3.63, 3.8) is 0 Å². The van der Waals surface area contributed by atoms with Gasteiger partial charge in [-0.15, -0.1) is 0 Å². The van der Waals surface area contributed by atoms with Crippen molar-refractivity contribution in [3.05, 3.63) is 0 Å². The van der Waals surface area contributed by atoms with Crippen LogP contribution in [0, 0.1) is 17.2 Å². The Labute approximate surface area is 74.5 Å². The first kappa shape index (κ1) is 9.54. The van der Waals surface area contributed by atoms with Crippen LogP contribution in [0.2, 0.25) is 0 Å². The molecule has 0 aromatic rings. The highest BCUT2D eigenvalue weighted by atomic mass is 16.5. The zero-order valence-corrected chi connectivity index (χ0v) is 7.75. The van der Waals surface area contributed by atoms with Crippen molar-refractivity contribution in [2.75, 3.05) is 6.61 Å². The van der Waals surface area contributed by atoms with Crippen LogP contribution in [0.3, 0.4) is 0 Å². The lowest BCUT2D eigenvalue weighted by Crippen LogP contribution is -2.25. The normalized spacial score (nSPS) is 29.7. The first-order chi connectivity index (χ1) is 5.84. The number of hydrogen-bond donors (Lipinski definition) is 0. The molecule has 2 atom stereocenters. The van der Waals surface area contributed by atoms with Gasteiger partial charge in [0.1, 0.15) is 0 Å². The Morgan fingerprint density at radius 2 is 2.17 bits per heavy atom. The summed E-state index contributed by atoms with van der Waals surface area (Å²) in [6.45, 7) is 2.86. The molecule has 68 valence electrons. The molecule has 1 rings (SSSR count). The van der Waals surface area contributed by atoms with Crippen LogP contribution in [0.5, 0.6) is 0 Å². The molecule has 1 aliphatic carbocycles. The predicted molar refractivity (Wildman–Crippen MR) is 47.6 cm³/mol. The van der Waals surface area contributed by atoms with E-state index in [1.807, 2.05) is 0 Å². The number of hydrogen-bond acceptors (Lipinski definition) is 2. The van der Waals surface area contributed by atoms with E-state index in [2.05, 4.69) is 13.0 Å². The largest absolute Gasteiger partial charge is 0.377 e. The molecule has 1 fully saturated rings. The minimum Gasteiger partial charge on any atom is -0.377 e. The molecule has 2 nitrogen and oxygen atoms in total. The highest BCUT2D eigenvalue weighted by Crippen LogP contribution is 2.26. The maximum absolute atomic E-state index is 8.33. The van der Waals surface area contributed by atoms with Crippen molar-refractivity contribution in [1.29, 1.82) is 5.26 Å². The minimum absolute atomic E-state index is 0.423. The summed E-state index contributed by atoms with van der Waals surface area (Å²) in [7, 11) is 0. The molecule has 2 heteroatoms. The van der Waals surface area contributed by atoms with Gasteiger partial charge in [-0.25, -0.2) is 0 Å². The van der Waals surface area contributed by atoms with E-state index in [-0.39, 0.29) is 0 Å². The van der Waals surface area contributed by atoms with Gasteiger partial charge in [0.2, 0.25) is 0 Å². The summed E-state index contributed by atoms with van der Waals surface area (Å²) in [5.74, 6) is 0.692. The van der Waals surface area contributed by atoms with Crippen molar-refractivity contribution in [3.8, 4) is 6.07 Å². The van der Waals surface area contributed by atoms with Gasteiger partial charge in [0.05, 0.1) is 25.2 Å². The summed E-state index contributed by atoms with van der Waals surface area (Å²) in [6.07, 6.45) is 6.07. The third-order valence-electron chi connectivity index (χ3n) is 2.58. The molecule has 0 aromatic heterocycles. The molecule has 0 unspecified atom stereocenters. The Hall–Kier alpha value is -0.550. The molecule has 0 N–H and O–H groups in total. The topological polar surface area (TPSA) is 33.0 Å². The highest BCUT2D eigenvalue weighted by molar-refractivity contribution is 4.74. The third kappa shape index (κ3) is 2.83. The summed E-state index contributed by atoms with van der Waals surface area (Å²) < 4.78 is 5.61. The summed E-state index contributed by atoms with van der Waals surface area (Å²) in [6, 6.07) is 2.10. The van der Waals surface area contributed by atoms with Gasteiger partial charge >= 0.3 is 0 Å². The lowest BCUT2D eigenvalue weighted by atomic mass is 9.88. The zero-order chi connectivity index (χ0) is 8.81. The van der Waals surface area contributed by atoms with Gasteiger partial charge in [0.25, 0.3) is 0 Å². The molecule has 0 bridgehead atoms. The molecule has 0 aliphatic heterocycles. The van der Waals surface area contributed by atoms with Gasteiger partial charge in [0, 0.05) is 0 Å². The van der Waals surface area contributed by atoms with Crippen LogP contribution >= 0.6 is 0 Å². The predicted octanol–water partition coefficient (Wildman–Crippen LogP) is 2.50. The number of nitrogens with zero attached hydrogens (tertiary/aromatic N) is 1. The van der Waals surface area contributed by atoms with Crippen LogP contribution in [0.4, 0.5) is 0 Å². The molecule has 0 heterocycles. The van der Waals surface area contributed by atoms with Gasteiger partial charge in [-0.3, -0.25) is 0 Å². The smallest absolute Gasteiger partial charge is 0.0645 e. The van der Waals surface area contributed by atoms with Gasteiger partial charge < -0.3 is 4.74 Å². The fraction of sp³-hybridized carbons (Fsp3) is 0.900. The fourth-order valence-corrected chi connectivity index (χ4v) is 1.79. The molecular weight excluding hydrogens is 150 g/mol. The third-order valence-corrected chi connectivity index (χ3v) is 2.58. The molecule has 0 amide bonds.